The zero-order valence-electron chi connectivity index (χ0n) is 21.4. The molecule has 0 fully saturated rings. The van der Waals surface area contributed by atoms with Crippen molar-refractivity contribution >= 4 is 37.2 Å². The van der Waals surface area contributed by atoms with E-state index in [0.29, 0.717) is 29.8 Å². The van der Waals surface area contributed by atoms with E-state index in [4.69, 9.17) is 0 Å². The molecule has 0 saturated carbocycles. The smallest absolute Gasteiger partial charge is 0.295 e. The molecular weight excluding hydrogens is 512 g/mol. The minimum Gasteiger partial charge on any atom is -0.744 e. The van der Waals surface area contributed by atoms with Crippen LogP contribution in [0.15, 0.2) is 82.1 Å². The second-order valence-electron chi connectivity index (χ2n) is 8.37. The Morgan fingerprint density at radius 2 is 1.49 bits per heavy atom. The Labute approximate surface area is 219 Å². The molecule has 0 saturated heterocycles. The highest BCUT2D eigenvalue weighted by molar-refractivity contribution is 7.86. The molecule has 2 aromatic rings. The van der Waals surface area contributed by atoms with Crippen LogP contribution in [0.25, 0.3) is 5.57 Å². The van der Waals surface area contributed by atoms with E-state index in [1.54, 1.807) is 0 Å². The molecule has 0 unspecified atom stereocenters. The lowest BCUT2D eigenvalue weighted by atomic mass is 9.88. The van der Waals surface area contributed by atoms with Crippen LogP contribution in [0.4, 0.5) is 5.69 Å². The zero-order valence-corrected chi connectivity index (χ0v) is 23.0. The van der Waals surface area contributed by atoms with Gasteiger partial charge in [-0.25, -0.2) is 13.0 Å². The number of nitrogens with zero attached hydrogens (tertiary/aromatic N) is 2. The summed E-state index contributed by atoms with van der Waals surface area (Å²) >= 11 is 0. The van der Waals surface area contributed by atoms with Gasteiger partial charge in [-0.05, 0) is 63.6 Å². The Bertz CT molecular complexity index is 1490. The van der Waals surface area contributed by atoms with Crippen LogP contribution in [0.2, 0.25) is 0 Å². The Morgan fingerprint density at radius 3 is 2.00 bits per heavy atom. The number of hydrogen-bond donors (Lipinski definition) is 1. The van der Waals surface area contributed by atoms with Crippen LogP contribution in [0.5, 0.6) is 0 Å². The van der Waals surface area contributed by atoms with Crippen LogP contribution in [0.3, 0.4) is 0 Å². The van der Waals surface area contributed by atoms with E-state index in [1.807, 2.05) is 62.4 Å². The van der Waals surface area contributed by atoms with Gasteiger partial charge in [0.25, 0.3) is 10.1 Å². The van der Waals surface area contributed by atoms with Crippen molar-refractivity contribution < 1.29 is 30.5 Å². The summed E-state index contributed by atoms with van der Waals surface area (Å²) in [7, 11) is -9.85. The summed E-state index contributed by atoms with van der Waals surface area (Å²) in [6.07, 6.45) is 7.49. The highest BCUT2D eigenvalue weighted by Gasteiger charge is 2.27. The summed E-state index contributed by atoms with van der Waals surface area (Å²) in [5, 5.41) is 0. The lowest BCUT2D eigenvalue weighted by Gasteiger charge is -2.22. The lowest BCUT2D eigenvalue weighted by Crippen LogP contribution is -2.23. The molecule has 10 heteroatoms. The van der Waals surface area contributed by atoms with E-state index in [2.05, 4.69) is 23.3 Å². The van der Waals surface area contributed by atoms with E-state index >= 15 is 0 Å². The Kier molecular flexibility index (Phi) is 8.91. The van der Waals surface area contributed by atoms with Crippen LogP contribution in [-0.2, 0) is 20.2 Å². The number of allylic oxidation sites excluding steroid dienone is 5. The molecule has 0 aromatic heterocycles. The highest BCUT2D eigenvalue weighted by atomic mass is 32.2. The number of hydrogen-bond acceptors (Lipinski definition) is 6. The molecule has 0 atom stereocenters. The molecule has 3 rings (SSSR count). The van der Waals surface area contributed by atoms with E-state index in [-0.39, 0.29) is 5.56 Å². The minimum atomic E-state index is -4.96. The normalized spacial score (nSPS) is 15.1. The molecule has 1 N–H and O–H groups in total. The van der Waals surface area contributed by atoms with Gasteiger partial charge in [-0.1, -0.05) is 30.4 Å². The Hall–Kier alpha value is -3.05. The summed E-state index contributed by atoms with van der Waals surface area (Å²) < 4.78 is 72.2. The SMILES string of the molecule is CCN(CC)c1ccc(/C(=C2/C=CC=CC2=[N+](CC)CC)c2ccc(S(=O)(=O)[O-])cc2S(=O)(=O)O)cc1. The van der Waals surface area contributed by atoms with E-state index in [9.17, 15) is 25.9 Å². The van der Waals surface area contributed by atoms with Crippen molar-refractivity contribution in [1.82, 2.24) is 0 Å². The highest BCUT2D eigenvalue weighted by Crippen LogP contribution is 2.36. The molecular formula is C27H32N2O6S2. The first-order chi connectivity index (χ1) is 17.5. The fourth-order valence-corrected chi connectivity index (χ4v) is 5.78. The molecule has 0 amide bonds. The minimum absolute atomic E-state index is 0.0881. The first-order valence-corrected chi connectivity index (χ1v) is 14.9. The molecule has 2 aromatic carbocycles. The molecule has 0 aliphatic heterocycles. The van der Waals surface area contributed by atoms with Gasteiger partial charge < -0.3 is 9.45 Å². The van der Waals surface area contributed by atoms with Gasteiger partial charge in [-0.2, -0.15) is 8.42 Å². The first kappa shape index (κ1) is 28.5. The van der Waals surface area contributed by atoms with Crippen LogP contribution in [0, 0.1) is 0 Å². The average molecular weight is 545 g/mol. The largest absolute Gasteiger partial charge is 0.744 e. The molecule has 0 radical (unpaired) electrons. The fraction of sp³-hybridized carbons (Fsp3) is 0.296. The molecule has 1 aliphatic carbocycles. The van der Waals surface area contributed by atoms with Crippen LogP contribution in [0.1, 0.15) is 38.8 Å². The molecule has 0 heterocycles. The van der Waals surface area contributed by atoms with Gasteiger partial charge in [-0.3, -0.25) is 4.55 Å². The van der Waals surface area contributed by atoms with Crippen LogP contribution >= 0.6 is 0 Å². The Morgan fingerprint density at radius 1 is 0.892 bits per heavy atom. The molecule has 0 bridgehead atoms. The van der Waals surface area contributed by atoms with Gasteiger partial charge in [0.1, 0.15) is 28.1 Å². The average Bonchev–Trinajstić information content (AvgIpc) is 2.86. The lowest BCUT2D eigenvalue weighted by molar-refractivity contribution is -0.519. The fourth-order valence-electron chi connectivity index (χ4n) is 4.49. The van der Waals surface area contributed by atoms with Crippen molar-refractivity contribution in [3.8, 4) is 0 Å². The molecule has 0 spiro atoms. The third kappa shape index (κ3) is 6.27. The second-order valence-corrected chi connectivity index (χ2v) is 11.1. The predicted octanol–water partition coefficient (Wildman–Crippen LogP) is 4.10. The van der Waals surface area contributed by atoms with Crippen molar-refractivity contribution in [3.63, 3.8) is 0 Å². The predicted molar refractivity (Wildman–Crippen MR) is 145 cm³/mol. The molecule has 1 aliphatic rings. The van der Waals surface area contributed by atoms with E-state index < -0.39 is 30.0 Å². The summed E-state index contributed by atoms with van der Waals surface area (Å²) in [6.45, 7) is 11.1. The number of rotatable bonds is 9. The third-order valence-corrected chi connectivity index (χ3v) is 8.08. The van der Waals surface area contributed by atoms with Crippen molar-refractivity contribution in [1.29, 1.82) is 0 Å². The van der Waals surface area contributed by atoms with E-state index in [1.165, 1.54) is 6.07 Å². The monoisotopic (exact) mass is 544 g/mol. The van der Waals surface area contributed by atoms with Gasteiger partial charge >= 0.3 is 0 Å². The topological polar surface area (TPSA) is 118 Å². The van der Waals surface area contributed by atoms with E-state index in [0.717, 1.165) is 36.6 Å². The van der Waals surface area contributed by atoms with Crippen molar-refractivity contribution in [2.45, 2.75) is 37.5 Å². The number of benzene rings is 2. The molecule has 198 valence electrons. The third-order valence-electron chi connectivity index (χ3n) is 6.35. The van der Waals surface area contributed by atoms with Crippen LogP contribution in [-0.4, -0.2) is 62.4 Å². The van der Waals surface area contributed by atoms with Crippen molar-refractivity contribution in [2.24, 2.45) is 0 Å². The van der Waals surface area contributed by atoms with Crippen molar-refractivity contribution in [3.05, 3.63) is 83.5 Å². The summed E-state index contributed by atoms with van der Waals surface area (Å²) in [5.41, 5.74) is 3.77. The maximum Gasteiger partial charge on any atom is 0.295 e. The summed E-state index contributed by atoms with van der Waals surface area (Å²) in [4.78, 5) is 0.781. The maximum atomic E-state index is 12.5. The van der Waals surface area contributed by atoms with Gasteiger partial charge in [0, 0.05) is 36.0 Å². The van der Waals surface area contributed by atoms with Gasteiger partial charge in [0.2, 0.25) is 5.71 Å². The quantitative estimate of drug-likeness (QED) is 0.373. The molecule has 8 nitrogen and oxygen atoms in total. The zero-order chi connectivity index (χ0) is 27.4. The maximum absolute atomic E-state index is 12.5. The van der Waals surface area contributed by atoms with Gasteiger partial charge in [0.15, 0.2) is 0 Å². The Balaban J connectivity index is 2.46. The van der Waals surface area contributed by atoms with Gasteiger partial charge in [0.05, 0.1) is 10.5 Å². The van der Waals surface area contributed by atoms with Gasteiger partial charge in [-0.15, -0.1) is 0 Å². The second kappa shape index (κ2) is 11.6. The number of anilines is 1. The summed E-state index contributed by atoms with van der Waals surface area (Å²) in [5.74, 6) is 0. The van der Waals surface area contributed by atoms with Crippen molar-refractivity contribution in [2.75, 3.05) is 31.1 Å². The first-order valence-electron chi connectivity index (χ1n) is 12.1. The standard InChI is InChI=1S/C27H32N2O6S2/c1-5-28(6-2)21-15-13-20(14-16-21)27(23-11-9-10-12-25(23)29(7-3)8-4)24-18-17-22(36(30,31)32)19-26(24)37(33,34)35/h9-19H,5-8H2,1-4H3,(H-,30,31,32,33,34,35). The van der Waals surface area contributed by atoms with Crippen LogP contribution < -0.4 is 4.90 Å². The molecule has 37 heavy (non-hydrogen) atoms. The summed E-state index contributed by atoms with van der Waals surface area (Å²) in [6, 6.07) is 10.7.